The summed E-state index contributed by atoms with van der Waals surface area (Å²) in [5, 5.41) is 0. The van der Waals surface area contributed by atoms with E-state index >= 15 is 0 Å². The number of hydrogen-bond donors (Lipinski definition) is 1. The molecule has 0 heterocycles. The quantitative estimate of drug-likeness (QED) is 0.647. The number of carbonyl (C=O) groups is 3. The van der Waals surface area contributed by atoms with Gasteiger partial charge in [-0.2, -0.15) is 4.90 Å². The number of imide groups is 3. The molecule has 3 amide bonds. The molecular weight excluding hydrogens is 260 g/mol. The van der Waals surface area contributed by atoms with Crippen LogP contribution in [0.15, 0.2) is 36.4 Å². The van der Waals surface area contributed by atoms with Crippen LogP contribution >= 0.6 is 0 Å². The standard InChI is InChI=1S/C14H12N2O4/c1-2-20-14(19)16(13(18)10-15)12(17)9-8-11-6-4-3-5-7-11/h1,3-9H,10,15H2/b9-8+. The van der Waals surface area contributed by atoms with Gasteiger partial charge in [0.1, 0.15) is 6.11 Å². The number of benzene rings is 1. The van der Waals surface area contributed by atoms with E-state index in [1.807, 2.05) is 6.07 Å². The first-order valence-corrected chi connectivity index (χ1v) is 5.56. The molecule has 1 rings (SSSR count). The van der Waals surface area contributed by atoms with Crippen molar-refractivity contribution in [1.82, 2.24) is 4.90 Å². The Bertz CT molecular complexity index is 573. The van der Waals surface area contributed by atoms with Gasteiger partial charge in [0.25, 0.3) is 11.8 Å². The number of nitrogens with two attached hydrogens (primary N) is 1. The Morgan fingerprint density at radius 2 is 1.95 bits per heavy atom. The highest BCUT2D eigenvalue weighted by Crippen LogP contribution is 2.03. The average molecular weight is 272 g/mol. The van der Waals surface area contributed by atoms with Crippen molar-refractivity contribution in [2.24, 2.45) is 5.73 Å². The molecule has 0 aliphatic rings. The Balaban J connectivity index is 2.89. The van der Waals surface area contributed by atoms with Gasteiger partial charge in [-0.25, -0.2) is 4.79 Å². The molecule has 0 bridgehead atoms. The van der Waals surface area contributed by atoms with Crippen molar-refractivity contribution in [3.8, 4) is 12.5 Å². The zero-order chi connectivity index (χ0) is 15.0. The van der Waals surface area contributed by atoms with Crippen LogP contribution in [0.25, 0.3) is 6.08 Å². The summed E-state index contributed by atoms with van der Waals surface area (Å²) in [5.74, 6) is -1.79. The monoisotopic (exact) mass is 272 g/mol. The van der Waals surface area contributed by atoms with Gasteiger partial charge in [0, 0.05) is 6.08 Å². The maximum atomic E-state index is 11.8. The van der Waals surface area contributed by atoms with E-state index in [2.05, 4.69) is 4.74 Å². The van der Waals surface area contributed by atoms with E-state index in [9.17, 15) is 14.4 Å². The Morgan fingerprint density at radius 3 is 2.50 bits per heavy atom. The minimum atomic E-state index is -1.26. The van der Waals surface area contributed by atoms with E-state index in [0.717, 1.165) is 11.6 Å². The summed E-state index contributed by atoms with van der Waals surface area (Å²) in [5.41, 5.74) is 5.85. The molecule has 0 aliphatic heterocycles. The van der Waals surface area contributed by atoms with Gasteiger partial charge in [-0.3, -0.25) is 9.59 Å². The summed E-state index contributed by atoms with van der Waals surface area (Å²) in [6.45, 7) is -0.523. The molecule has 20 heavy (non-hydrogen) atoms. The fourth-order valence-corrected chi connectivity index (χ4v) is 1.31. The predicted octanol–water partition coefficient (Wildman–Crippen LogP) is 0.741. The summed E-state index contributed by atoms with van der Waals surface area (Å²) >= 11 is 0. The Kier molecular flexibility index (Phi) is 5.69. The number of amides is 3. The minimum Gasteiger partial charge on any atom is -0.355 e. The van der Waals surface area contributed by atoms with Crippen LogP contribution in [0.2, 0.25) is 0 Å². The SMILES string of the molecule is C#COC(=O)N(C(=O)/C=C/c1ccccc1)C(=O)CN. The molecule has 2 N–H and O–H groups in total. The van der Waals surface area contributed by atoms with Gasteiger partial charge in [0.05, 0.1) is 6.54 Å². The zero-order valence-electron chi connectivity index (χ0n) is 10.5. The number of carbonyl (C=O) groups excluding carboxylic acids is 3. The summed E-state index contributed by atoms with van der Waals surface area (Å²) in [4.78, 5) is 35.0. The molecular formula is C14H12N2O4. The molecule has 1 aromatic carbocycles. The topological polar surface area (TPSA) is 89.7 Å². The molecule has 0 saturated carbocycles. The van der Waals surface area contributed by atoms with Gasteiger partial charge in [-0.15, -0.1) is 0 Å². The van der Waals surface area contributed by atoms with Crippen molar-refractivity contribution in [2.45, 2.75) is 0 Å². The van der Waals surface area contributed by atoms with Crippen LogP contribution in [0.1, 0.15) is 5.56 Å². The molecule has 0 spiro atoms. The predicted molar refractivity (Wildman–Crippen MR) is 71.7 cm³/mol. The van der Waals surface area contributed by atoms with Crippen LogP contribution in [0.5, 0.6) is 0 Å². The van der Waals surface area contributed by atoms with Gasteiger partial charge >= 0.3 is 6.09 Å². The molecule has 0 aromatic heterocycles. The molecule has 1 aromatic rings. The Labute approximate surface area is 115 Å². The smallest absolute Gasteiger partial charge is 0.355 e. The van der Waals surface area contributed by atoms with E-state index in [1.54, 1.807) is 30.4 Å². The van der Waals surface area contributed by atoms with Gasteiger partial charge in [0.2, 0.25) is 0 Å². The van der Waals surface area contributed by atoms with Crippen LogP contribution in [-0.4, -0.2) is 29.4 Å². The molecule has 0 saturated heterocycles. The number of nitrogens with zero attached hydrogens (tertiary/aromatic N) is 1. The largest absolute Gasteiger partial charge is 0.437 e. The average Bonchev–Trinajstić information content (AvgIpc) is 2.46. The highest BCUT2D eigenvalue weighted by Gasteiger charge is 2.27. The minimum absolute atomic E-state index is 0.249. The van der Waals surface area contributed by atoms with Crippen molar-refractivity contribution < 1.29 is 19.1 Å². The summed E-state index contributed by atoms with van der Waals surface area (Å²) in [6.07, 6.45) is 7.62. The molecule has 0 radical (unpaired) electrons. The summed E-state index contributed by atoms with van der Waals surface area (Å²) in [7, 11) is 0. The highest BCUT2D eigenvalue weighted by atomic mass is 16.5. The van der Waals surface area contributed by atoms with Crippen molar-refractivity contribution in [3.63, 3.8) is 0 Å². The first-order valence-electron chi connectivity index (χ1n) is 5.56. The molecule has 0 fully saturated rings. The molecule has 0 aliphatic carbocycles. The second-order valence-corrected chi connectivity index (χ2v) is 3.50. The summed E-state index contributed by atoms with van der Waals surface area (Å²) < 4.78 is 4.18. The lowest BCUT2D eigenvalue weighted by molar-refractivity contribution is -0.138. The van der Waals surface area contributed by atoms with E-state index in [-0.39, 0.29) is 4.90 Å². The lowest BCUT2D eigenvalue weighted by Crippen LogP contribution is -2.44. The van der Waals surface area contributed by atoms with Crippen LogP contribution < -0.4 is 5.73 Å². The van der Waals surface area contributed by atoms with Crippen molar-refractivity contribution in [3.05, 3.63) is 42.0 Å². The maximum absolute atomic E-state index is 11.8. The van der Waals surface area contributed by atoms with Gasteiger partial charge in [-0.05, 0) is 11.6 Å². The first kappa shape index (κ1) is 15.1. The fraction of sp³-hybridized carbons (Fsp3) is 0.0714. The third-order valence-electron chi connectivity index (χ3n) is 2.19. The Hall–Kier alpha value is -2.91. The van der Waals surface area contributed by atoms with Gasteiger partial charge in [-0.1, -0.05) is 36.8 Å². The third kappa shape index (κ3) is 4.08. The van der Waals surface area contributed by atoms with Crippen LogP contribution in [-0.2, 0) is 14.3 Å². The summed E-state index contributed by atoms with van der Waals surface area (Å²) in [6, 6.07) is 8.87. The number of hydrogen-bond acceptors (Lipinski definition) is 5. The lowest BCUT2D eigenvalue weighted by atomic mass is 10.2. The third-order valence-corrected chi connectivity index (χ3v) is 2.19. The van der Waals surface area contributed by atoms with E-state index < -0.39 is 24.5 Å². The van der Waals surface area contributed by atoms with E-state index in [0.29, 0.717) is 0 Å². The number of terminal acetylenes is 1. The second kappa shape index (κ2) is 7.51. The number of ether oxygens (including phenoxy) is 1. The molecule has 102 valence electrons. The molecule has 0 unspecified atom stereocenters. The normalized spacial score (nSPS) is 9.80. The zero-order valence-corrected chi connectivity index (χ0v) is 10.5. The van der Waals surface area contributed by atoms with Crippen molar-refractivity contribution in [2.75, 3.05) is 6.54 Å². The molecule has 6 heteroatoms. The fourth-order valence-electron chi connectivity index (χ4n) is 1.31. The van der Waals surface area contributed by atoms with Crippen molar-refractivity contribution in [1.29, 1.82) is 0 Å². The maximum Gasteiger partial charge on any atom is 0.437 e. The Morgan fingerprint density at radius 1 is 1.30 bits per heavy atom. The lowest BCUT2D eigenvalue weighted by Gasteiger charge is -2.13. The van der Waals surface area contributed by atoms with Crippen LogP contribution in [0, 0.1) is 12.5 Å². The van der Waals surface area contributed by atoms with Crippen LogP contribution in [0.3, 0.4) is 0 Å². The van der Waals surface area contributed by atoms with E-state index in [1.165, 1.54) is 6.08 Å². The van der Waals surface area contributed by atoms with E-state index in [4.69, 9.17) is 12.2 Å². The molecule has 0 atom stereocenters. The van der Waals surface area contributed by atoms with Crippen molar-refractivity contribution >= 4 is 24.0 Å². The van der Waals surface area contributed by atoms with Crippen LogP contribution in [0.4, 0.5) is 4.79 Å². The highest BCUT2D eigenvalue weighted by molar-refractivity contribution is 6.14. The first-order chi connectivity index (χ1) is 9.60. The molecule has 6 nitrogen and oxygen atoms in total. The van der Waals surface area contributed by atoms with Gasteiger partial charge < -0.3 is 10.5 Å². The van der Waals surface area contributed by atoms with Gasteiger partial charge in [0.15, 0.2) is 0 Å². The second-order valence-electron chi connectivity index (χ2n) is 3.50. The number of rotatable bonds is 3.